The Balaban J connectivity index is 1.78. The summed E-state index contributed by atoms with van der Waals surface area (Å²) in [5, 5.41) is 7.91. The van der Waals surface area contributed by atoms with Gasteiger partial charge in [0.2, 0.25) is 5.91 Å². The van der Waals surface area contributed by atoms with Gasteiger partial charge in [-0.1, -0.05) is 18.2 Å². The molecule has 1 N–H and O–H groups in total. The molecule has 28 heavy (non-hydrogen) atoms. The van der Waals surface area contributed by atoms with Gasteiger partial charge >= 0.3 is 0 Å². The van der Waals surface area contributed by atoms with Crippen molar-refractivity contribution in [2.24, 2.45) is 0 Å². The molecule has 1 amide bonds. The Bertz CT molecular complexity index is 953. The Morgan fingerprint density at radius 2 is 2.00 bits per heavy atom. The molecule has 8 heteroatoms. The lowest BCUT2D eigenvalue weighted by Crippen LogP contribution is -2.47. The fraction of sp³-hybridized carbons (Fsp3) is 0.500. The van der Waals surface area contributed by atoms with Gasteiger partial charge in [-0.2, -0.15) is 5.10 Å². The van der Waals surface area contributed by atoms with Crippen molar-refractivity contribution in [3.8, 4) is 5.69 Å². The number of nitrogens with one attached hydrogen (secondary N) is 1. The molecule has 1 fully saturated rings. The van der Waals surface area contributed by atoms with Crippen molar-refractivity contribution < 1.29 is 13.2 Å². The van der Waals surface area contributed by atoms with Crippen molar-refractivity contribution in [1.82, 2.24) is 14.7 Å². The average Bonchev–Trinajstić information content (AvgIpc) is 3.16. The summed E-state index contributed by atoms with van der Waals surface area (Å²) in [6, 6.07) is 9.13. The van der Waals surface area contributed by atoms with Crippen LogP contribution in [0, 0.1) is 13.8 Å². The number of para-hydroxylation sites is 1. The molecular weight excluding hydrogens is 376 g/mol. The molecule has 2 atom stereocenters. The summed E-state index contributed by atoms with van der Waals surface area (Å²) in [6.45, 7) is 8.07. The van der Waals surface area contributed by atoms with Crippen molar-refractivity contribution in [1.29, 1.82) is 0 Å². The molecule has 0 radical (unpaired) electrons. The summed E-state index contributed by atoms with van der Waals surface area (Å²) in [6.07, 6.45) is 0.513. The summed E-state index contributed by atoms with van der Waals surface area (Å²) >= 11 is 0. The van der Waals surface area contributed by atoms with Gasteiger partial charge in [-0.15, -0.1) is 0 Å². The lowest BCUT2D eigenvalue weighted by Gasteiger charge is -2.30. The molecule has 0 unspecified atom stereocenters. The molecule has 1 aliphatic rings. The van der Waals surface area contributed by atoms with E-state index in [1.54, 1.807) is 4.90 Å². The minimum absolute atomic E-state index is 0.0588. The monoisotopic (exact) mass is 404 g/mol. The average molecular weight is 405 g/mol. The zero-order chi connectivity index (χ0) is 20.5. The number of benzene rings is 1. The van der Waals surface area contributed by atoms with E-state index in [9.17, 15) is 13.2 Å². The Kier molecular flexibility index (Phi) is 5.79. The van der Waals surface area contributed by atoms with E-state index in [0.717, 1.165) is 22.8 Å². The highest BCUT2D eigenvalue weighted by atomic mass is 32.2. The van der Waals surface area contributed by atoms with Crippen LogP contribution in [0.2, 0.25) is 0 Å². The second-order valence-electron chi connectivity index (χ2n) is 7.34. The molecule has 0 bridgehead atoms. The molecule has 152 valence electrons. The van der Waals surface area contributed by atoms with Crippen molar-refractivity contribution in [2.75, 3.05) is 23.4 Å². The van der Waals surface area contributed by atoms with Crippen LogP contribution in [0.5, 0.6) is 0 Å². The molecule has 0 spiro atoms. The number of likely N-dealkylation sites (N-methyl/N-ethyl adjacent to an activating group) is 1. The maximum atomic E-state index is 13.0. The maximum Gasteiger partial charge on any atom is 0.245 e. The standard InChI is InChI=1S/C20H28N4O3S/c1-5-23(18-11-12-28(26,27)13-18)20(25)15(3)21-19-14(2)22-24(16(19)4)17-9-7-6-8-10-17/h6-10,15,18,21H,5,11-13H2,1-4H3/t15-,18+/m0/s1. The minimum atomic E-state index is -3.04. The predicted molar refractivity (Wildman–Crippen MR) is 111 cm³/mol. The van der Waals surface area contributed by atoms with E-state index < -0.39 is 15.9 Å². The number of aryl methyl sites for hydroxylation is 1. The molecule has 7 nitrogen and oxygen atoms in total. The van der Waals surface area contributed by atoms with E-state index in [-0.39, 0.29) is 23.5 Å². The first-order valence-electron chi connectivity index (χ1n) is 9.62. The Hall–Kier alpha value is -2.35. The first-order valence-corrected chi connectivity index (χ1v) is 11.4. The lowest BCUT2D eigenvalue weighted by atomic mass is 10.1. The van der Waals surface area contributed by atoms with Crippen molar-refractivity contribution in [3.05, 3.63) is 41.7 Å². The fourth-order valence-corrected chi connectivity index (χ4v) is 5.55. The van der Waals surface area contributed by atoms with Gasteiger partial charge in [-0.05, 0) is 46.2 Å². The van der Waals surface area contributed by atoms with E-state index >= 15 is 0 Å². The van der Waals surface area contributed by atoms with Crippen LogP contribution in [0.25, 0.3) is 5.69 Å². The molecule has 1 aromatic heterocycles. The van der Waals surface area contributed by atoms with Gasteiger partial charge in [0, 0.05) is 12.6 Å². The van der Waals surface area contributed by atoms with Gasteiger partial charge in [0.1, 0.15) is 6.04 Å². The normalized spacial score (nSPS) is 19.4. The molecule has 3 rings (SSSR count). The molecular formula is C20H28N4O3S. The van der Waals surface area contributed by atoms with Crippen LogP contribution in [-0.2, 0) is 14.6 Å². The SMILES string of the molecule is CCN(C(=O)[C@H](C)Nc1c(C)nn(-c2ccccc2)c1C)[C@@H]1CCS(=O)(=O)C1. The van der Waals surface area contributed by atoms with Crippen LogP contribution in [0.15, 0.2) is 30.3 Å². The van der Waals surface area contributed by atoms with Crippen molar-refractivity contribution in [2.45, 2.75) is 46.2 Å². The number of aromatic nitrogens is 2. The second kappa shape index (κ2) is 7.95. The zero-order valence-electron chi connectivity index (χ0n) is 16.8. The third kappa shape index (κ3) is 4.06. The summed E-state index contributed by atoms with van der Waals surface area (Å²) in [5.74, 6) is 0.130. The lowest BCUT2D eigenvalue weighted by molar-refractivity contribution is -0.133. The van der Waals surface area contributed by atoms with Crippen LogP contribution in [0.3, 0.4) is 0 Å². The van der Waals surface area contributed by atoms with Gasteiger partial charge in [0.25, 0.3) is 0 Å². The summed E-state index contributed by atoms with van der Waals surface area (Å²) in [7, 11) is -3.04. The number of amides is 1. The number of anilines is 1. The van der Waals surface area contributed by atoms with E-state index in [0.29, 0.717) is 13.0 Å². The maximum absolute atomic E-state index is 13.0. The number of nitrogens with zero attached hydrogens (tertiary/aromatic N) is 3. The van der Waals surface area contributed by atoms with Crippen LogP contribution >= 0.6 is 0 Å². The molecule has 1 saturated heterocycles. The molecule has 0 aliphatic carbocycles. The number of carbonyl (C=O) groups excluding carboxylic acids is 1. The van der Waals surface area contributed by atoms with Crippen LogP contribution in [0.4, 0.5) is 5.69 Å². The fourth-order valence-electron chi connectivity index (χ4n) is 3.81. The third-order valence-corrected chi connectivity index (χ3v) is 7.05. The number of rotatable bonds is 6. The summed E-state index contributed by atoms with van der Waals surface area (Å²) < 4.78 is 25.5. The highest BCUT2D eigenvalue weighted by Crippen LogP contribution is 2.25. The zero-order valence-corrected chi connectivity index (χ0v) is 17.7. The minimum Gasteiger partial charge on any atom is -0.371 e. The smallest absolute Gasteiger partial charge is 0.245 e. The molecule has 2 aromatic rings. The van der Waals surface area contributed by atoms with Crippen molar-refractivity contribution in [3.63, 3.8) is 0 Å². The first kappa shape index (κ1) is 20.4. The van der Waals surface area contributed by atoms with Gasteiger partial charge in [-0.3, -0.25) is 4.79 Å². The van der Waals surface area contributed by atoms with Gasteiger partial charge in [0.15, 0.2) is 9.84 Å². The number of sulfone groups is 1. The van der Waals surface area contributed by atoms with Gasteiger partial charge in [0.05, 0.1) is 34.3 Å². The van der Waals surface area contributed by atoms with E-state index in [1.807, 2.05) is 62.7 Å². The Morgan fingerprint density at radius 1 is 1.32 bits per heavy atom. The van der Waals surface area contributed by atoms with Crippen molar-refractivity contribution >= 4 is 21.4 Å². The second-order valence-corrected chi connectivity index (χ2v) is 9.57. The number of carbonyl (C=O) groups is 1. The molecule has 0 saturated carbocycles. The highest BCUT2D eigenvalue weighted by Gasteiger charge is 2.35. The topological polar surface area (TPSA) is 84.3 Å². The van der Waals surface area contributed by atoms with Crippen LogP contribution in [-0.4, -0.2) is 59.1 Å². The third-order valence-electron chi connectivity index (χ3n) is 5.30. The highest BCUT2D eigenvalue weighted by molar-refractivity contribution is 7.91. The van der Waals surface area contributed by atoms with Gasteiger partial charge in [-0.25, -0.2) is 13.1 Å². The van der Waals surface area contributed by atoms with E-state index in [1.165, 1.54) is 0 Å². The number of hydrogen-bond donors (Lipinski definition) is 1. The molecule has 1 aliphatic heterocycles. The molecule has 2 heterocycles. The largest absolute Gasteiger partial charge is 0.371 e. The van der Waals surface area contributed by atoms with E-state index in [4.69, 9.17) is 0 Å². The Labute approximate surface area is 166 Å². The van der Waals surface area contributed by atoms with E-state index in [2.05, 4.69) is 10.4 Å². The van der Waals surface area contributed by atoms with Crippen LogP contribution < -0.4 is 5.32 Å². The number of hydrogen-bond acceptors (Lipinski definition) is 5. The molecule has 1 aromatic carbocycles. The quantitative estimate of drug-likeness (QED) is 0.799. The predicted octanol–water partition coefficient (Wildman–Crippen LogP) is 2.33. The van der Waals surface area contributed by atoms with Gasteiger partial charge < -0.3 is 10.2 Å². The summed E-state index contributed by atoms with van der Waals surface area (Å²) in [4.78, 5) is 14.7. The Morgan fingerprint density at radius 3 is 2.57 bits per heavy atom. The summed E-state index contributed by atoms with van der Waals surface area (Å²) in [5.41, 5.74) is 3.53. The first-order chi connectivity index (χ1) is 13.2. The van der Waals surface area contributed by atoms with Crippen LogP contribution in [0.1, 0.15) is 31.7 Å².